The van der Waals surface area contributed by atoms with E-state index in [2.05, 4.69) is 10.4 Å². The number of aryl methyl sites for hydroxylation is 1. The Hall–Kier alpha value is -3.16. The molecule has 218 valence electrons. The number of amides is 3. The Bertz CT molecular complexity index is 1330. The summed E-state index contributed by atoms with van der Waals surface area (Å²) in [5.74, 6) is -0.687. The second kappa shape index (κ2) is 12.6. The summed E-state index contributed by atoms with van der Waals surface area (Å²) in [6.45, 7) is 7.62. The van der Waals surface area contributed by atoms with E-state index in [0.717, 1.165) is 0 Å². The minimum atomic E-state index is -3.66. The lowest BCUT2D eigenvalue weighted by atomic mass is 9.97. The summed E-state index contributed by atoms with van der Waals surface area (Å²) in [4.78, 5) is 41.5. The van der Waals surface area contributed by atoms with Crippen molar-refractivity contribution in [2.75, 3.05) is 51.2 Å². The third-order valence-corrected chi connectivity index (χ3v) is 9.49. The number of benzene rings is 1. The molecule has 2 fully saturated rings. The van der Waals surface area contributed by atoms with Crippen LogP contribution in [0.15, 0.2) is 35.4 Å². The standard InChI is InChI=1S/C26H35ClN6O6S/c1-4-39-26(36)31-15-13-30(14-16-31)25(35)19(3)33-17-23(18(2)29-33)28-24(34)20-9-11-32(12-10-20)40(37,38)22-7-5-21(27)6-8-22/h5-8,17,19-20H,4,9-16H2,1-3H3,(H,28,34). The molecule has 1 aromatic carbocycles. The van der Waals surface area contributed by atoms with Crippen molar-refractivity contribution in [1.82, 2.24) is 23.9 Å². The Morgan fingerprint density at radius 3 is 2.25 bits per heavy atom. The van der Waals surface area contributed by atoms with Crippen LogP contribution in [0, 0.1) is 12.8 Å². The predicted octanol–water partition coefficient (Wildman–Crippen LogP) is 2.75. The number of anilines is 1. The number of aromatic nitrogens is 2. The fraction of sp³-hybridized carbons (Fsp3) is 0.538. The Labute approximate surface area is 239 Å². The monoisotopic (exact) mass is 594 g/mol. The molecule has 0 saturated carbocycles. The van der Waals surface area contributed by atoms with Gasteiger partial charge in [0.2, 0.25) is 21.8 Å². The van der Waals surface area contributed by atoms with E-state index < -0.39 is 16.1 Å². The highest BCUT2D eigenvalue weighted by Gasteiger charge is 2.33. The SMILES string of the molecule is CCOC(=O)N1CCN(C(=O)C(C)n2cc(NC(=O)C3CCN(S(=O)(=O)c4ccc(Cl)cc4)CC3)c(C)n2)CC1. The van der Waals surface area contributed by atoms with E-state index in [-0.39, 0.29) is 41.8 Å². The number of halogens is 1. The van der Waals surface area contributed by atoms with E-state index in [0.29, 0.717) is 62.0 Å². The minimum Gasteiger partial charge on any atom is -0.450 e. The van der Waals surface area contributed by atoms with E-state index in [1.807, 2.05) is 0 Å². The quantitative estimate of drug-likeness (QED) is 0.521. The molecule has 1 atom stereocenters. The number of sulfonamides is 1. The second-order valence-corrected chi connectivity index (χ2v) is 12.3. The van der Waals surface area contributed by atoms with Gasteiger partial charge < -0.3 is 19.9 Å². The van der Waals surface area contributed by atoms with Gasteiger partial charge >= 0.3 is 6.09 Å². The summed E-state index contributed by atoms with van der Waals surface area (Å²) in [6, 6.07) is 5.44. The molecule has 14 heteroatoms. The summed E-state index contributed by atoms with van der Waals surface area (Å²) in [5.41, 5.74) is 1.08. The van der Waals surface area contributed by atoms with Gasteiger partial charge in [-0.3, -0.25) is 14.3 Å². The molecule has 2 saturated heterocycles. The number of piperidine rings is 1. The highest BCUT2D eigenvalue weighted by atomic mass is 35.5. The first-order chi connectivity index (χ1) is 19.0. The number of rotatable bonds is 7. The highest BCUT2D eigenvalue weighted by Crippen LogP contribution is 2.26. The minimum absolute atomic E-state index is 0.127. The number of hydrogen-bond acceptors (Lipinski definition) is 7. The zero-order valence-electron chi connectivity index (χ0n) is 22.9. The van der Waals surface area contributed by atoms with Gasteiger partial charge in [0.05, 0.1) is 22.9 Å². The maximum absolute atomic E-state index is 13.1. The van der Waals surface area contributed by atoms with Crippen LogP contribution >= 0.6 is 11.6 Å². The molecule has 3 heterocycles. The van der Waals surface area contributed by atoms with Crippen LogP contribution in [-0.4, -0.2) is 96.1 Å². The van der Waals surface area contributed by atoms with Crippen molar-refractivity contribution in [2.24, 2.45) is 5.92 Å². The molecule has 1 unspecified atom stereocenters. The van der Waals surface area contributed by atoms with Gasteiger partial charge in [0, 0.05) is 56.4 Å². The Kier molecular flexibility index (Phi) is 9.37. The van der Waals surface area contributed by atoms with Gasteiger partial charge in [0.25, 0.3) is 0 Å². The van der Waals surface area contributed by atoms with Gasteiger partial charge in [-0.2, -0.15) is 9.40 Å². The van der Waals surface area contributed by atoms with E-state index in [9.17, 15) is 22.8 Å². The molecule has 0 aliphatic carbocycles. The molecular formula is C26H35ClN6O6S. The molecule has 2 aliphatic heterocycles. The predicted molar refractivity (Wildman–Crippen MR) is 148 cm³/mol. The number of ether oxygens (including phenoxy) is 1. The zero-order valence-corrected chi connectivity index (χ0v) is 24.4. The fourth-order valence-electron chi connectivity index (χ4n) is 4.85. The number of nitrogens with one attached hydrogen (secondary N) is 1. The van der Waals surface area contributed by atoms with Gasteiger partial charge in [0.15, 0.2) is 0 Å². The van der Waals surface area contributed by atoms with Crippen molar-refractivity contribution < 1.29 is 27.5 Å². The fourth-order valence-corrected chi connectivity index (χ4v) is 6.45. The molecule has 40 heavy (non-hydrogen) atoms. The topological polar surface area (TPSA) is 134 Å². The molecule has 2 aromatic rings. The van der Waals surface area contributed by atoms with Crippen LogP contribution in [0.3, 0.4) is 0 Å². The number of carbonyl (C=O) groups is 3. The summed E-state index contributed by atoms with van der Waals surface area (Å²) >= 11 is 5.88. The van der Waals surface area contributed by atoms with Crippen molar-refractivity contribution in [1.29, 1.82) is 0 Å². The average Bonchev–Trinajstić information content (AvgIpc) is 3.32. The summed E-state index contributed by atoms with van der Waals surface area (Å²) in [6.07, 6.45) is 2.04. The molecule has 3 amide bonds. The van der Waals surface area contributed by atoms with Crippen molar-refractivity contribution in [2.45, 2.75) is 44.6 Å². The van der Waals surface area contributed by atoms with Gasteiger partial charge in [-0.1, -0.05) is 11.6 Å². The molecule has 1 aromatic heterocycles. The first-order valence-electron chi connectivity index (χ1n) is 13.3. The molecule has 12 nitrogen and oxygen atoms in total. The van der Waals surface area contributed by atoms with Crippen LogP contribution in [0.4, 0.5) is 10.5 Å². The Balaban J connectivity index is 1.31. The smallest absolute Gasteiger partial charge is 0.409 e. The first-order valence-corrected chi connectivity index (χ1v) is 15.2. The molecule has 0 spiro atoms. The number of nitrogens with zero attached hydrogens (tertiary/aromatic N) is 5. The molecule has 0 bridgehead atoms. The third kappa shape index (κ3) is 6.58. The molecule has 0 radical (unpaired) electrons. The number of hydrogen-bond donors (Lipinski definition) is 1. The number of carbonyl (C=O) groups excluding carboxylic acids is 3. The summed E-state index contributed by atoms with van der Waals surface area (Å²) < 4.78 is 33.8. The van der Waals surface area contributed by atoms with Crippen molar-refractivity contribution >= 4 is 45.2 Å². The number of piperazine rings is 1. The van der Waals surface area contributed by atoms with Crippen molar-refractivity contribution in [3.63, 3.8) is 0 Å². The molecule has 4 rings (SSSR count). The Morgan fingerprint density at radius 1 is 1.05 bits per heavy atom. The summed E-state index contributed by atoms with van der Waals surface area (Å²) in [7, 11) is -3.66. The lowest BCUT2D eigenvalue weighted by molar-refractivity contribution is -0.136. The Morgan fingerprint density at radius 2 is 1.65 bits per heavy atom. The molecule has 2 aliphatic rings. The highest BCUT2D eigenvalue weighted by molar-refractivity contribution is 7.89. The van der Waals surface area contributed by atoms with Crippen LogP contribution in [0.5, 0.6) is 0 Å². The maximum Gasteiger partial charge on any atom is 0.409 e. The van der Waals surface area contributed by atoms with Crippen LogP contribution in [-0.2, 0) is 24.3 Å². The van der Waals surface area contributed by atoms with Crippen LogP contribution < -0.4 is 5.32 Å². The zero-order chi connectivity index (χ0) is 29.0. The first kappa shape index (κ1) is 29.8. The van der Waals surface area contributed by atoms with Gasteiger partial charge in [-0.25, -0.2) is 13.2 Å². The largest absolute Gasteiger partial charge is 0.450 e. The third-order valence-electron chi connectivity index (χ3n) is 7.32. The normalized spacial score (nSPS) is 17.9. The van der Waals surface area contributed by atoms with Gasteiger partial charge in [-0.05, 0) is 57.9 Å². The van der Waals surface area contributed by atoms with E-state index in [4.69, 9.17) is 16.3 Å². The van der Waals surface area contributed by atoms with Crippen molar-refractivity contribution in [3.05, 3.63) is 41.2 Å². The summed E-state index contributed by atoms with van der Waals surface area (Å²) in [5, 5.41) is 7.82. The lowest BCUT2D eigenvalue weighted by Crippen LogP contribution is -2.52. The molecule has 1 N–H and O–H groups in total. The lowest BCUT2D eigenvalue weighted by Gasteiger charge is -2.35. The van der Waals surface area contributed by atoms with Crippen LogP contribution in [0.1, 0.15) is 38.4 Å². The second-order valence-electron chi connectivity index (χ2n) is 9.92. The van der Waals surface area contributed by atoms with E-state index >= 15 is 0 Å². The van der Waals surface area contributed by atoms with E-state index in [1.54, 1.807) is 36.8 Å². The van der Waals surface area contributed by atoms with Gasteiger partial charge in [-0.15, -0.1) is 0 Å². The molecular weight excluding hydrogens is 560 g/mol. The van der Waals surface area contributed by atoms with Crippen LogP contribution in [0.25, 0.3) is 0 Å². The van der Waals surface area contributed by atoms with Crippen molar-refractivity contribution in [3.8, 4) is 0 Å². The average molecular weight is 595 g/mol. The van der Waals surface area contributed by atoms with E-state index in [1.165, 1.54) is 33.3 Å². The van der Waals surface area contributed by atoms with Gasteiger partial charge in [0.1, 0.15) is 6.04 Å². The maximum atomic E-state index is 13.1. The van der Waals surface area contributed by atoms with Crippen LogP contribution in [0.2, 0.25) is 5.02 Å².